The zero-order valence-corrected chi connectivity index (χ0v) is 17.4. The molecular weight excluding hydrogens is 415 g/mol. The Labute approximate surface area is 182 Å². The normalized spacial score (nSPS) is 17.1. The van der Waals surface area contributed by atoms with Gasteiger partial charge in [0.15, 0.2) is 0 Å². The summed E-state index contributed by atoms with van der Waals surface area (Å²) in [5, 5.41) is 1.89. The summed E-state index contributed by atoms with van der Waals surface area (Å²) in [7, 11) is 0. The van der Waals surface area contributed by atoms with E-state index >= 15 is 0 Å². The van der Waals surface area contributed by atoms with Gasteiger partial charge in [-0.05, 0) is 47.8 Å². The Morgan fingerprint density at radius 1 is 0.839 bits per heavy atom. The second-order valence-corrected chi connectivity index (χ2v) is 8.23. The van der Waals surface area contributed by atoms with E-state index in [0.717, 1.165) is 15.6 Å². The molecular formula is C23H19FN4O2S. The number of aromatic nitrogens is 1. The molecule has 0 radical (unpaired) electrons. The fraction of sp³-hybridized carbons (Fsp3) is 0.174. The molecule has 2 aliphatic rings. The van der Waals surface area contributed by atoms with Gasteiger partial charge in [0.05, 0.1) is 11.3 Å². The molecule has 5 rings (SSSR count). The van der Waals surface area contributed by atoms with Crippen molar-refractivity contribution in [3.63, 3.8) is 0 Å². The average Bonchev–Trinajstić information content (AvgIpc) is 3.41. The fourth-order valence-electron chi connectivity index (χ4n) is 3.98. The number of imide groups is 1. The van der Waals surface area contributed by atoms with Crippen LogP contribution in [0.2, 0.25) is 0 Å². The summed E-state index contributed by atoms with van der Waals surface area (Å²) >= 11 is 1.43. The molecule has 0 aliphatic carbocycles. The first-order valence-electron chi connectivity index (χ1n) is 9.97. The van der Waals surface area contributed by atoms with Gasteiger partial charge in [0.25, 0.3) is 11.8 Å². The highest BCUT2D eigenvalue weighted by Crippen LogP contribution is 2.37. The zero-order chi connectivity index (χ0) is 21.4. The number of hydrogen-bond donors (Lipinski definition) is 0. The third-order valence-electron chi connectivity index (χ3n) is 5.48. The van der Waals surface area contributed by atoms with Gasteiger partial charge in [0.1, 0.15) is 17.3 Å². The number of piperazine rings is 1. The van der Waals surface area contributed by atoms with Crippen molar-refractivity contribution in [3.05, 3.63) is 82.6 Å². The van der Waals surface area contributed by atoms with Crippen LogP contribution in [0.1, 0.15) is 4.88 Å². The number of carbonyl (C=O) groups excluding carboxylic acids is 2. The average molecular weight is 434 g/mol. The second-order valence-electron chi connectivity index (χ2n) is 7.29. The van der Waals surface area contributed by atoms with E-state index in [1.165, 1.54) is 35.6 Å². The molecule has 8 heteroatoms. The molecule has 1 saturated heterocycles. The molecule has 2 amide bonds. The van der Waals surface area contributed by atoms with Gasteiger partial charge in [-0.25, -0.2) is 14.3 Å². The van der Waals surface area contributed by atoms with Crippen LogP contribution in [0.3, 0.4) is 0 Å². The van der Waals surface area contributed by atoms with Crippen LogP contribution in [0.25, 0.3) is 5.57 Å². The van der Waals surface area contributed by atoms with Crippen LogP contribution in [0.4, 0.5) is 15.9 Å². The minimum absolute atomic E-state index is 0.368. The maximum absolute atomic E-state index is 13.4. The Balaban J connectivity index is 1.47. The number of pyridine rings is 1. The van der Waals surface area contributed by atoms with Gasteiger partial charge in [0, 0.05) is 37.3 Å². The first kappa shape index (κ1) is 19.4. The zero-order valence-electron chi connectivity index (χ0n) is 16.6. The Hall–Kier alpha value is -3.52. The molecule has 0 unspecified atom stereocenters. The van der Waals surface area contributed by atoms with Crippen molar-refractivity contribution in [1.82, 2.24) is 9.88 Å². The van der Waals surface area contributed by atoms with E-state index < -0.39 is 5.82 Å². The molecule has 0 saturated carbocycles. The van der Waals surface area contributed by atoms with E-state index in [1.807, 2.05) is 40.6 Å². The third-order valence-corrected chi connectivity index (χ3v) is 6.37. The van der Waals surface area contributed by atoms with Crippen molar-refractivity contribution in [3.8, 4) is 0 Å². The molecule has 6 nitrogen and oxygen atoms in total. The predicted molar refractivity (Wildman–Crippen MR) is 118 cm³/mol. The van der Waals surface area contributed by atoms with Gasteiger partial charge >= 0.3 is 0 Å². The number of thiophene rings is 1. The lowest BCUT2D eigenvalue weighted by molar-refractivity contribution is -0.120. The van der Waals surface area contributed by atoms with E-state index in [-0.39, 0.29) is 11.8 Å². The number of rotatable bonds is 4. The minimum Gasteiger partial charge on any atom is -0.363 e. The smallest absolute Gasteiger partial charge is 0.282 e. The Morgan fingerprint density at radius 2 is 1.58 bits per heavy atom. The van der Waals surface area contributed by atoms with Crippen LogP contribution in [-0.2, 0) is 9.59 Å². The Morgan fingerprint density at radius 3 is 2.23 bits per heavy atom. The number of nitrogens with zero attached hydrogens (tertiary/aromatic N) is 4. The van der Waals surface area contributed by atoms with E-state index in [1.54, 1.807) is 6.20 Å². The third kappa shape index (κ3) is 3.48. The lowest BCUT2D eigenvalue weighted by Gasteiger charge is -2.37. The van der Waals surface area contributed by atoms with E-state index in [0.29, 0.717) is 43.1 Å². The molecule has 0 bridgehead atoms. The standard InChI is InChI=1S/C23H19FN4O2S/c24-16-6-8-17(9-7-16)28-22(29)20(18-4-3-15-31-18)21(23(28)30)27-13-11-26(12-14-27)19-5-1-2-10-25-19/h1-10,15H,11-14H2. The van der Waals surface area contributed by atoms with Gasteiger partial charge < -0.3 is 9.80 Å². The number of anilines is 2. The summed E-state index contributed by atoms with van der Waals surface area (Å²) in [6.45, 7) is 2.57. The number of halogens is 1. The van der Waals surface area contributed by atoms with Crippen molar-refractivity contribution >= 4 is 40.2 Å². The molecule has 1 aromatic carbocycles. The largest absolute Gasteiger partial charge is 0.363 e. The minimum atomic E-state index is -0.417. The summed E-state index contributed by atoms with van der Waals surface area (Å²) in [5.41, 5.74) is 1.20. The number of hydrogen-bond acceptors (Lipinski definition) is 6. The summed E-state index contributed by atoms with van der Waals surface area (Å²) in [5.74, 6) is -0.260. The highest BCUT2D eigenvalue weighted by Gasteiger charge is 2.43. The molecule has 2 aliphatic heterocycles. The Bertz CT molecular complexity index is 1140. The van der Waals surface area contributed by atoms with Gasteiger partial charge in [-0.1, -0.05) is 12.1 Å². The topological polar surface area (TPSA) is 56.8 Å². The number of amides is 2. The van der Waals surface area contributed by atoms with Crippen molar-refractivity contribution in [1.29, 1.82) is 0 Å². The van der Waals surface area contributed by atoms with Crippen molar-refractivity contribution < 1.29 is 14.0 Å². The molecule has 0 atom stereocenters. The summed E-state index contributed by atoms with van der Waals surface area (Å²) in [6, 6.07) is 14.9. The molecule has 1 fully saturated rings. The summed E-state index contributed by atoms with van der Waals surface area (Å²) in [6.07, 6.45) is 1.76. The highest BCUT2D eigenvalue weighted by molar-refractivity contribution is 7.11. The van der Waals surface area contributed by atoms with Crippen LogP contribution in [0.5, 0.6) is 0 Å². The van der Waals surface area contributed by atoms with Crippen molar-refractivity contribution in [2.75, 3.05) is 36.0 Å². The van der Waals surface area contributed by atoms with Gasteiger partial charge in [-0.15, -0.1) is 11.3 Å². The molecule has 3 aromatic rings. The molecule has 31 heavy (non-hydrogen) atoms. The monoisotopic (exact) mass is 434 g/mol. The van der Waals surface area contributed by atoms with Gasteiger partial charge in [-0.3, -0.25) is 9.59 Å². The predicted octanol–water partition coefficient (Wildman–Crippen LogP) is 3.39. The molecule has 156 valence electrons. The molecule has 2 aromatic heterocycles. The van der Waals surface area contributed by atoms with Crippen molar-refractivity contribution in [2.24, 2.45) is 0 Å². The van der Waals surface area contributed by atoms with Crippen molar-refractivity contribution in [2.45, 2.75) is 0 Å². The summed E-state index contributed by atoms with van der Waals surface area (Å²) in [4.78, 5) is 37.3. The maximum Gasteiger partial charge on any atom is 0.282 e. The van der Waals surface area contributed by atoms with E-state index in [2.05, 4.69) is 9.88 Å². The lowest BCUT2D eigenvalue weighted by atomic mass is 10.1. The van der Waals surface area contributed by atoms with E-state index in [9.17, 15) is 14.0 Å². The molecule has 0 spiro atoms. The highest BCUT2D eigenvalue weighted by atomic mass is 32.1. The Kier molecular flexibility index (Phi) is 4.99. The van der Waals surface area contributed by atoms with Crippen LogP contribution in [0, 0.1) is 5.82 Å². The number of carbonyl (C=O) groups is 2. The first-order chi connectivity index (χ1) is 15.1. The van der Waals surface area contributed by atoms with Crippen LogP contribution < -0.4 is 9.80 Å². The molecule has 0 N–H and O–H groups in total. The van der Waals surface area contributed by atoms with Crippen LogP contribution >= 0.6 is 11.3 Å². The number of benzene rings is 1. The van der Waals surface area contributed by atoms with Gasteiger partial charge in [-0.2, -0.15) is 0 Å². The van der Waals surface area contributed by atoms with Crippen LogP contribution in [0.15, 0.2) is 71.9 Å². The quantitative estimate of drug-likeness (QED) is 0.590. The summed E-state index contributed by atoms with van der Waals surface area (Å²) < 4.78 is 13.4. The van der Waals surface area contributed by atoms with Crippen LogP contribution in [-0.4, -0.2) is 47.9 Å². The fourth-order valence-corrected chi connectivity index (χ4v) is 4.74. The first-order valence-corrected chi connectivity index (χ1v) is 10.8. The SMILES string of the molecule is O=C1C(c2cccs2)=C(N2CCN(c3ccccn3)CC2)C(=O)N1c1ccc(F)cc1. The van der Waals surface area contributed by atoms with Gasteiger partial charge in [0.2, 0.25) is 0 Å². The van der Waals surface area contributed by atoms with E-state index in [4.69, 9.17) is 0 Å². The second kappa shape index (κ2) is 7.96. The lowest BCUT2D eigenvalue weighted by Crippen LogP contribution is -2.48. The molecule has 4 heterocycles. The maximum atomic E-state index is 13.4.